The van der Waals surface area contributed by atoms with Crippen molar-refractivity contribution in [2.24, 2.45) is 5.92 Å². The zero-order valence-electron chi connectivity index (χ0n) is 9.90. The van der Waals surface area contributed by atoms with E-state index in [1.54, 1.807) is 0 Å². The molecule has 0 atom stereocenters. The molecule has 0 N–H and O–H groups in total. The van der Waals surface area contributed by atoms with Gasteiger partial charge in [0.25, 0.3) is 0 Å². The largest absolute Gasteiger partial charge is 0.332 e. The van der Waals surface area contributed by atoms with Crippen LogP contribution in [0, 0.1) is 5.92 Å². The molecule has 1 saturated carbocycles. The van der Waals surface area contributed by atoms with E-state index < -0.39 is 0 Å². The van der Waals surface area contributed by atoms with E-state index in [0.29, 0.717) is 0 Å². The Bertz CT molecular complexity index is 512. The molecule has 0 bridgehead atoms. The van der Waals surface area contributed by atoms with Crippen LogP contribution in [0.4, 0.5) is 0 Å². The fourth-order valence-electron chi connectivity index (χ4n) is 2.85. The molecule has 90 valence electrons. The Labute approximate surface area is 110 Å². The van der Waals surface area contributed by atoms with Crippen molar-refractivity contribution >= 4 is 27.0 Å². The van der Waals surface area contributed by atoms with E-state index in [0.717, 1.165) is 22.6 Å². The van der Waals surface area contributed by atoms with Crippen LogP contribution in [-0.2, 0) is 6.54 Å². The van der Waals surface area contributed by atoms with E-state index in [1.807, 2.05) is 6.20 Å². The Morgan fingerprint density at radius 3 is 2.94 bits per heavy atom. The summed E-state index contributed by atoms with van der Waals surface area (Å²) in [5, 5.41) is 1.23. The summed E-state index contributed by atoms with van der Waals surface area (Å²) in [6.45, 7) is 1.14. The number of nitrogens with zero attached hydrogens (tertiary/aromatic N) is 2. The lowest BCUT2D eigenvalue weighted by atomic mass is 9.89. The molecule has 0 unspecified atom stereocenters. The Morgan fingerprint density at radius 2 is 2.12 bits per heavy atom. The molecule has 0 spiro atoms. The second kappa shape index (κ2) is 4.81. The van der Waals surface area contributed by atoms with Crippen LogP contribution < -0.4 is 0 Å². The van der Waals surface area contributed by atoms with Crippen molar-refractivity contribution < 1.29 is 0 Å². The average Bonchev–Trinajstić information content (AvgIpc) is 2.73. The van der Waals surface area contributed by atoms with E-state index in [1.165, 1.54) is 37.5 Å². The number of hydrogen-bond acceptors (Lipinski definition) is 1. The zero-order valence-corrected chi connectivity index (χ0v) is 11.5. The molecule has 2 aromatic heterocycles. The molecule has 17 heavy (non-hydrogen) atoms. The number of rotatable bonds is 2. The first-order chi connectivity index (χ1) is 8.33. The Kier molecular flexibility index (Phi) is 3.19. The molecular formula is C14H17BrN2. The summed E-state index contributed by atoms with van der Waals surface area (Å²) >= 11 is 3.47. The van der Waals surface area contributed by atoms with Crippen LogP contribution in [-0.4, -0.2) is 9.55 Å². The monoisotopic (exact) mass is 292 g/mol. The molecule has 0 aliphatic heterocycles. The highest BCUT2D eigenvalue weighted by Crippen LogP contribution is 2.27. The molecular weight excluding hydrogens is 276 g/mol. The second-order valence-corrected chi connectivity index (χ2v) is 5.95. The van der Waals surface area contributed by atoms with Crippen molar-refractivity contribution in [3.8, 4) is 0 Å². The van der Waals surface area contributed by atoms with Crippen LogP contribution in [0.3, 0.4) is 0 Å². The van der Waals surface area contributed by atoms with Crippen molar-refractivity contribution in [2.75, 3.05) is 0 Å². The lowest BCUT2D eigenvalue weighted by molar-refractivity contribution is 0.322. The van der Waals surface area contributed by atoms with Crippen LogP contribution in [0.15, 0.2) is 29.0 Å². The first-order valence-electron chi connectivity index (χ1n) is 6.43. The molecule has 1 fully saturated rings. The van der Waals surface area contributed by atoms with Gasteiger partial charge in [-0.05, 0) is 46.8 Å². The standard InChI is InChI=1S/C14H17BrN2/c15-13-8-12-6-7-17(14(12)16-9-13)10-11-4-2-1-3-5-11/h6-9,11H,1-5,10H2. The lowest BCUT2D eigenvalue weighted by Gasteiger charge is -2.22. The van der Waals surface area contributed by atoms with E-state index in [4.69, 9.17) is 0 Å². The second-order valence-electron chi connectivity index (χ2n) is 5.04. The zero-order chi connectivity index (χ0) is 11.7. The van der Waals surface area contributed by atoms with Crippen molar-refractivity contribution in [1.29, 1.82) is 0 Å². The number of aromatic nitrogens is 2. The molecule has 0 aromatic carbocycles. The Morgan fingerprint density at radius 1 is 1.29 bits per heavy atom. The number of fused-ring (bicyclic) bond motifs is 1. The highest BCUT2D eigenvalue weighted by atomic mass is 79.9. The Hall–Kier alpha value is -0.830. The fraction of sp³-hybridized carbons (Fsp3) is 0.500. The molecule has 0 amide bonds. The number of hydrogen-bond donors (Lipinski definition) is 0. The molecule has 2 heterocycles. The van der Waals surface area contributed by atoms with E-state index >= 15 is 0 Å². The third-order valence-electron chi connectivity index (χ3n) is 3.75. The van der Waals surface area contributed by atoms with Crippen LogP contribution in [0.2, 0.25) is 0 Å². The summed E-state index contributed by atoms with van der Waals surface area (Å²) in [6, 6.07) is 4.30. The van der Waals surface area contributed by atoms with Gasteiger partial charge < -0.3 is 4.57 Å². The van der Waals surface area contributed by atoms with Gasteiger partial charge in [-0.15, -0.1) is 0 Å². The summed E-state index contributed by atoms with van der Waals surface area (Å²) < 4.78 is 3.37. The van der Waals surface area contributed by atoms with E-state index in [9.17, 15) is 0 Å². The molecule has 2 aromatic rings. The summed E-state index contributed by atoms with van der Waals surface area (Å²) in [7, 11) is 0. The molecule has 0 radical (unpaired) electrons. The fourth-order valence-corrected chi connectivity index (χ4v) is 3.20. The van der Waals surface area contributed by atoms with Gasteiger partial charge in [-0.25, -0.2) is 4.98 Å². The summed E-state index contributed by atoms with van der Waals surface area (Å²) in [6.07, 6.45) is 11.1. The van der Waals surface area contributed by atoms with Crippen molar-refractivity contribution in [3.63, 3.8) is 0 Å². The van der Waals surface area contributed by atoms with Gasteiger partial charge in [0.05, 0.1) is 0 Å². The first kappa shape index (κ1) is 11.3. The average molecular weight is 293 g/mol. The highest BCUT2D eigenvalue weighted by molar-refractivity contribution is 9.10. The maximum atomic E-state index is 4.52. The maximum Gasteiger partial charge on any atom is 0.139 e. The van der Waals surface area contributed by atoms with Gasteiger partial charge in [0.15, 0.2) is 0 Å². The predicted octanol–water partition coefficient (Wildman–Crippen LogP) is 4.38. The van der Waals surface area contributed by atoms with Gasteiger partial charge in [-0.1, -0.05) is 19.3 Å². The third-order valence-corrected chi connectivity index (χ3v) is 4.18. The predicted molar refractivity (Wildman–Crippen MR) is 74.0 cm³/mol. The SMILES string of the molecule is Brc1cnc2c(ccn2CC2CCCCC2)c1. The first-order valence-corrected chi connectivity index (χ1v) is 7.22. The van der Waals surface area contributed by atoms with Gasteiger partial charge in [0, 0.05) is 28.8 Å². The van der Waals surface area contributed by atoms with Crippen molar-refractivity contribution in [3.05, 3.63) is 29.0 Å². The van der Waals surface area contributed by atoms with Crippen LogP contribution in [0.5, 0.6) is 0 Å². The van der Waals surface area contributed by atoms with Crippen LogP contribution >= 0.6 is 15.9 Å². The maximum absolute atomic E-state index is 4.52. The molecule has 3 heteroatoms. The molecule has 3 rings (SSSR count). The van der Waals surface area contributed by atoms with E-state index in [2.05, 4.69) is 43.8 Å². The van der Waals surface area contributed by atoms with Gasteiger partial charge >= 0.3 is 0 Å². The van der Waals surface area contributed by atoms with Crippen molar-refractivity contribution in [1.82, 2.24) is 9.55 Å². The normalized spacial score (nSPS) is 17.7. The van der Waals surface area contributed by atoms with Crippen LogP contribution in [0.1, 0.15) is 32.1 Å². The minimum absolute atomic E-state index is 0.852. The highest BCUT2D eigenvalue weighted by Gasteiger charge is 2.15. The van der Waals surface area contributed by atoms with Gasteiger partial charge in [-0.2, -0.15) is 0 Å². The minimum Gasteiger partial charge on any atom is -0.332 e. The summed E-state index contributed by atoms with van der Waals surface area (Å²) in [5.41, 5.74) is 1.12. The van der Waals surface area contributed by atoms with E-state index in [-0.39, 0.29) is 0 Å². The van der Waals surface area contributed by atoms with Crippen molar-refractivity contribution in [2.45, 2.75) is 38.6 Å². The minimum atomic E-state index is 0.852. The summed E-state index contributed by atoms with van der Waals surface area (Å²) in [5.74, 6) is 0.852. The van der Waals surface area contributed by atoms with Gasteiger partial charge in [0.1, 0.15) is 5.65 Å². The molecule has 2 nitrogen and oxygen atoms in total. The van der Waals surface area contributed by atoms with Gasteiger partial charge in [0.2, 0.25) is 0 Å². The third kappa shape index (κ3) is 2.39. The lowest BCUT2D eigenvalue weighted by Crippen LogP contribution is -2.13. The molecule has 0 saturated heterocycles. The quantitative estimate of drug-likeness (QED) is 0.803. The number of halogens is 1. The topological polar surface area (TPSA) is 17.8 Å². The smallest absolute Gasteiger partial charge is 0.139 e. The molecule has 1 aliphatic carbocycles. The Balaban J connectivity index is 1.84. The number of pyridine rings is 1. The summed E-state index contributed by atoms with van der Waals surface area (Å²) in [4.78, 5) is 4.52. The van der Waals surface area contributed by atoms with Gasteiger partial charge in [-0.3, -0.25) is 0 Å². The molecule has 1 aliphatic rings. The van der Waals surface area contributed by atoms with Crippen LogP contribution in [0.25, 0.3) is 11.0 Å².